The van der Waals surface area contributed by atoms with Crippen molar-refractivity contribution in [2.24, 2.45) is 0 Å². The van der Waals surface area contributed by atoms with Crippen LogP contribution >= 0.6 is 0 Å². The van der Waals surface area contributed by atoms with Crippen LogP contribution in [0.5, 0.6) is 11.5 Å². The van der Waals surface area contributed by atoms with E-state index in [1.54, 1.807) is 12.3 Å². The standard InChI is InChI=1S/C19H22N4O3/c24-18(21-12-14-5-6-16-17(11-14)26-13-25-16)15-7-8-20-19(22-15)23-9-3-1-2-4-10-23/h5-8,11H,1-4,9-10,12-13H2,(H,21,24). The van der Waals surface area contributed by atoms with E-state index in [0.717, 1.165) is 37.2 Å². The van der Waals surface area contributed by atoms with E-state index in [9.17, 15) is 4.79 Å². The van der Waals surface area contributed by atoms with Gasteiger partial charge in [-0.2, -0.15) is 0 Å². The number of benzene rings is 1. The molecule has 1 aromatic carbocycles. The third-order valence-corrected chi connectivity index (χ3v) is 4.65. The quantitative estimate of drug-likeness (QED) is 0.909. The summed E-state index contributed by atoms with van der Waals surface area (Å²) in [6.45, 7) is 2.54. The molecule has 1 aromatic heterocycles. The number of hydrogen-bond acceptors (Lipinski definition) is 6. The van der Waals surface area contributed by atoms with Gasteiger partial charge in [-0.05, 0) is 36.6 Å². The molecule has 1 saturated heterocycles. The summed E-state index contributed by atoms with van der Waals surface area (Å²) in [7, 11) is 0. The van der Waals surface area contributed by atoms with Crippen LogP contribution in [0, 0.1) is 0 Å². The summed E-state index contributed by atoms with van der Waals surface area (Å²) in [5.74, 6) is 1.88. The molecule has 0 spiro atoms. The van der Waals surface area contributed by atoms with Crippen molar-refractivity contribution >= 4 is 11.9 Å². The summed E-state index contributed by atoms with van der Waals surface area (Å²) >= 11 is 0. The van der Waals surface area contributed by atoms with Gasteiger partial charge in [0.15, 0.2) is 11.5 Å². The van der Waals surface area contributed by atoms with Crippen LogP contribution in [0.15, 0.2) is 30.5 Å². The molecule has 0 radical (unpaired) electrons. The second-order valence-electron chi connectivity index (χ2n) is 6.51. The molecule has 2 aliphatic heterocycles. The van der Waals surface area contributed by atoms with Crippen molar-refractivity contribution in [3.05, 3.63) is 41.7 Å². The Bertz CT molecular complexity index is 788. The Morgan fingerprint density at radius 3 is 2.73 bits per heavy atom. The van der Waals surface area contributed by atoms with Crippen molar-refractivity contribution < 1.29 is 14.3 Å². The van der Waals surface area contributed by atoms with E-state index in [-0.39, 0.29) is 12.7 Å². The van der Waals surface area contributed by atoms with Crippen molar-refractivity contribution in [1.82, 2.24) is 15.3 Å². The molecule has 2 aromatic rings. The van der Waals surface area contributed by atoms with Gasteiger partial charge in [-0.1, -0.05) is 18.9 Å². The molecule has 3 heterocycles. The molecule has 1 amide bonds. The lowest BCUT2D eigenvalue weighted by Gasteiger charge is -2.20. The first-order valence-corrected chi connectivity index (χ1v) is 9.04. The normalized spacial score (nSPS) is 16.2. The highest BCUT2D eigenvalue weighted by Crippen LogP contribution is 2.32. The highest BCUT2D eigenvalue weighted by Gasteiger charge is 2.16. The highest BCUT2D eigenvalue weighted by molar-refractivity contribution is 5.92. The molecular formula is C19H22N4O3. The number of aromatic nitrogens is 2. The van der Waals surface area contributed by atoms with Gasteiger partial charge in [0.25, 0.3) is 5.91 Å². The van der Waals surface area contributed by atoms with Crippen molar-refractivity contribution in [3.63, 3.8) is 0 Å². The molecule has 7 heteroatoms. The lowest BCUT2D eigenvalue weighted by Crippen LogP contribution is -2.28. The average Bonchev–Trinajstić information content (AvgIpc) is 2.97. The fourth-order valence-electron chi connectivity index (χ4n) is 3.22. The van der Waals surface area contributed by atoms with Crippen LogP contribution in [0.25, 0.3) is 0 Å². The van der Waals surface area contributed by atoms with Gasteiger partial charge >= 0.3 is 0 Å². The maximum Gasteiger partial charge on any atom is 0.270 e. The molecule has 1 fully saturated rings. The van der Waals surface area contributed by atoms with E-state index in [2.05, 4.69) is 20.2 Å². The van der Waals surface area contributed by atoms with Crippen LogP contribution in [-0.2, 0) is 6.54 Å². The highest BCUT2D eigenvalue weighted by atomic mass is 16.7. The van der Waals surface area contributed by atoms with Gasteiger partial charge < -0.3 is 19.7 Å². The van der Waals surface area contributed by atoms with E-state index < -0.39 is 0 Å². The number of anilines is 1. The number of carbonyl (C=O) groups excluding carboxylic acids is 1. The fourth-order valence-corrected chi connectivity index (χ4v) is 3.22. The van der Waals surface area contributed by atoms with Gasteiger partial charge in [0.2, 0.25) is 12.7 Å². The zero-order chi connectivity index (χ0) is 17.8. The van der Waals surface area contributed by atoms with E-state index in [4.69, 9.17) is 9.47 Å². The Hall–Kier alpha value is -2.83. The maximum atomic E-state index is 12.5. The van der Waals surface area contributed by atoms with Crippen LogP contribution in [0.2, 0.25) is 0 Å². The molecule has 136 valence electrons. The number of amides is 1. The first kappa shape index (κ1) is 16.6. The summed E-state index contributed by atoms with van der Waals surface area (Å²) in [4.78, 5) is 23.5. The molecule has 4 rings (SSSR count). The van der Waals surface area contributed by atoms with E-state index in [0.29, 0.717) is 23.9 Å². The maximum absolute atomic E-state index is 12.5. The number of nitrogens with zero attached hydrogens (tertiary/aromatic N) is 3. The summed E-state index contributed by atoms with van der Waals surface area (Å²) in [5, 5.41) is 2.90. The van der Waals surface area contributed by atoms with Crippen molar-refractivity contribution in [1.29, 1.82) is 0 Å². The SMILES string of the molecule is O=C(NCc1ccc2c(c1)OCO2)c1ccnc(N2CCCCCC2)n1. The smallest absolute Gasteiger partial charge is 0.270 e. The second kappa shape index (κ2) is 7.59. The van der Waals surface area contributed by atoms with Gasteiger partial charge in [0, 0.05) is 25.8 Å². The molecule has 1 N–H and O–H groups in total. The molecule has 2 aliphatic rings. The van der Waals surface area contributed by atoms with Gasteiger partial charge in [-0.15, -0.1) is 0 Å². The summed E-state index contributed by atoms with van der Waals surface area (Å²) < 4.78 is 10.7. The number of carbonyl (C=O) groups is 1. The minimum Gasteiger partial charge on any atom is -0.454 e. The van der Waals surface area contributed by atoms with E-state index in [1.165, 1.54) is 12.8 Å². The Morgan fingerprint density at radius 2 is 1.88 bits per heavy atom. The van der Waals surface area contributed by atoms with Gasteiger partial charge in [-0.25, -0.2) is 9.97 Å². The topological polar surface area (TPSA) is 76.6 Å². The molecule has 0 atom stereocenters. The lowest BCUT2D eigenvalue weighted by atomic mass is 10.2. The van der Waals surface area contributed by atoms with Crippen molar-refractivity contribution in [2.75, 3.05) is 24.8 Å². The van der Waals surface area contributed by atoms with Crippen molar-refractivity contribution in [3.8, 4) is 11.5 Å². The summed E-state index contributed by atoms with van der Waals surface area (Å²) in [5.41, 5.74) is 1.34. The van der Waals surface area contributed by atoms with E-state index in [1.807, 2.05) is 18.2 Å². The third kappa shape index (κ3) is 3.71. The molecule has 0 saturated carbocycles. The number of nitrogens with one attached hydrogen (secondary N) is 1. The molecule has 26 heavy (non-hydrogen) atoms. The van der Waals surface area contributed by atoms with Crippen LogP contribution in [0.4, 0.5) is 5.95 Å². The molecule has 7 nitrogen and oxygen atoms in total. The molecule has 0 bridgehead atoms. The van der Waals surface area contributed by atoms with Gasteiger partial charge in [0.05, 0.1) is 0 Å². The van der Waals surface area contributed by atoms with E-state index >= 15 is 0 Å². The van der Waals surface area contributed by atoms with Crippen LogP contribution in [0.1, 0.15) is 41.7 Å². The second-order valence-corrected chi connectivity index (χ2v) is 6.51. The zero-order valence-electron chi connectivity index (χ0n) is 14.6. The average molecular weight is 354 g/mol. The Kier molecular flexibility index (Phi) is 4.86. The number of ether oxygens (including phenoxy) is 2. The van der Waals surface area contributed by atoms with Gasteiger partial charge in [0.1, 0.15) is 5.69 Å². The summed E-state index contributed by atoms with van der Waals surface area (Å²) in [6.07, 6.45) is 6.43. The Morgan fingerprint density at radius 1 is 1.08 bits per heavy atom. The molecule has 0 aliphatic carbocycles. The summed E-state index contributed by atoms with van der Waals surface area (Å²) in [6, 6.07) is 7.30. The monoisotopic (exact) mass is 354 g/mol. The van der Waals surface area contributed by atoms with Crippen LogP contribution < -0.4 is 19.7 Å². The van der Waals surface area contributed by atoms with Crippen molar-refractivity contribution in [2.45, 2.75) is 32.2 Å². The predicted octanol–water partition coefficient (Wildman–Crippen LogP) is 2.52. The Balaban J connectivity index is 1.40. The number of fused-ring (bicyclic) bond motifs is 1. The predicted molar refractivity (Wildman–Crippen MR) is 96.4 cm³/mol. The number of rotatable bonds is 4. The van der Waals surface area contributed by atoms with Gasteiger partial charge in [-0.3, -0.25) is 4.79 Å². The minimum absolute atomic E-state index is 0.207. The number of hydrogen-bond donors (Lipinski definition) is 1. The first-order valence-electron chi connectivity index (χ1n) is 9.04. The largest absolute Gasteiger partial charge is 0.454 e. The minimum atomic E-state index is -0.207. The fraction of sp³-hybridized carbons (Fsp3) is 0.421. The zero-order valence-corrected chi connectivity index (χ0v) is 14.6. The molecule has 0 unspecified atom stereocenters. The molecular weight excluding hydrogens is 332 g/mol. The Labute approximate surface area is 152 Å². The lowest BCUT2D eigenvalue weighted by molar-refractivity contribution is 0.0945. The first-order chi connectivity index (χ1) is 12.8. The van der Waals surface area contributed by atoms with Crippen LogP contribution in [0.3, 0.4) is 0 Å². The van der Waals surface area contributed by atoms with Crippen LogP contribution in [-0.4, -0.2) is 35.8 Å². The third-order valence-electron chi connectivity index (χ3n) is 4.65.